The smallest absolute Gasteiger partial charge is 0.315 e. The lowest BCUT2D eigenvalue weighted by Crippen LogP contribution is -2.36. The number of carbonyl (C=O) groups is 2. The Morgan fingerprint density at radius 3 is 2.77 bits per heavy atom. The van der Waals surface area contributed by atoms with Crippen LogP contribution >= 0.6 is 11.3 Å². The Labute approximate surface area is 132 Å². The van der Waals surface area contributed by atoms with E-state index >= 15 is 0 Å². The summed E-state index contributed by atoms with van der Waals surface area (Å²) in [5.41, 5.74) is 0.932. The van der Waals surface area contributed by atoms with Crippen LogP contribution in [0, 0.1) is 0 Å². The molecule has 1 aromatic heterocycles. The molecule has 0 saturated heterocycles. The lowest BCUT2D eigenvalue weighted by atomic mass is 10.3. The van der Waals surface area contributed by atoms with Crippen LogP contribution in [0.1, 0.15) is 25.3 Å². The number of nitrogens with one attached hydrogen (secondary N) is 2. The van der Waals surface area contributed by atoms with Crippen LogP contribution in [0.2, 0.25) is 0 Å². The molecular formula is C15H19N3O3S. The minimum absolute atomic E-state index is 0.139. The number of thiazole rings is 1. The molecule has 7 heteroatoms. The molecule has 2 aromatic rings. The summed E-state index contributed by atoms with van der Waals surface area (Å²) in [7, 11) is 0. The molecule has 0 aliphatic carbocycles. The van der Waals surface area contributed by atoms with Gasteiger partial charge >= 0.3 is 12.0 Å². The van der Waals surface area contributed by atoms with E-state index in [9.17, 15) is 9.59 Å². The molecule has 118 valence electrons. The number of fused-ring (bicyclic) bond motifs is 1. The van der Waals surface area contributed by atoms with Crippen molar-refractivity contribution in [3.05, 3.63) is 29.3 Å². The molecule has 0 aliphatic rings. The Morgan fingerprint density at radius 2 is 2.05 bits per heavy atom. The summed E-state index contributed by atoms with van der Waals surface area (Å²) < 4.78 is 6.07. The third-order valence-electron chi connectivity index (χ3n) is 2.72. The van der Waals surface area contributed by atoms with Crippen LogP contribution in [0.15, 0.2) is 24.3 Å². The summed E-state index contributed by atoms with van der Waals surface area (Å²) in [5.74, 6) is -0.318. The zero-order valence-electron chi connectivity index (χ0n) is 12.6. The lowest BCUT2D eigenvalue weighted by molar-refractivity contribution is -0.147. The second-order valence-electron chi connectivity index (χ2n) is 4.97. The highest BCUT2D eigenvalue weighted by Crippen LogP contribution is 2.21. The highest BCUT2D eigenvalue weighted by Gasteiger charge is 2.08. The van der Waals surface area contributed by atoms with Crippen LogP contribution in [0.4, 0.5) is 4.79 Å². The van der Waals surface area contributed by atoms with Gasteiger partial charge in [0.25, 0.3) is 0 Å². The molecule has 0 bridgehead atoms. The largest absolute Gasteiger partial charge is 0.463 e. The van der Waals surface area contributed by atoms with Gasteiger partial charge in [0.05, 0.1) is 29.3 Å². The van der Waals surface area contributed by atoms with Crippen molar-refractivity contribution in [1.82, 2.24) is 15.6 Å². The highest BCUT2D eigenvalue weighted by molar-refractivity contribution is 7.18. The molecule has 0 fully saturated rings. The zero-order valence-corrected chi connectivity index (χ0v) is 13.4. The Bertz CT molecular complexity index is 621. The first kappa shape index (κ1) is 16.2. The molecule has 2 amide bonds. The molecule has 6 nitrogen and oxygen atoms in total. The Kier molecular flexibility index (Phi) is 5.71. The van der Waals surface area contributed by atoms with E-state index < -0.39 is 0 Å². The molecule has 0 spiro atoms. The average molecular weight is 321 g/mol. The fourth-order valence-electron chi connectivity index (χ4n) is 1.81. The molecule has 0 aliphatic heterocycles. The van der Waals surface area contributed by atoms with Crippen LogP contribution in [-0.2, 0) is 16.1 Å². The van der Waals surface area contributed by atoms with E-state index in [1.807, 2.05) is 24.3 Å². The number of amides is 2. The van der Waals surface area contributed by atoms with Gasteiger partial charge < -0.3 is 15.4 Å². The monoisotopic (exact) mass is 321 g/mol. The Balaban J connectivity index is 1.70. The van der Waals surface area contributed by atoms with Gasteiger partial charge in [-0.1, -0.05) is 12.1 Å². The summed E-state index contributed by atoms with van der Waals surface area (Å²) in [6.07, 6.45) is 0.0209. The molecule has 0 saturated carbocycles. The van der Waals surface area contributed by atoms with Crippen molar-refractivity contribution in [2.75, 3.05) is 6.54 Å². The molecule has 2 N–H and O–H groups in total. The Hall–Kier alpha value is -2.15. The van der Waals surface area contributed by atoms with Crippen molar-refractivity contribution in [2.24, 2.45) is 0 Å². The van der Waals surface area contributed by atoms with Crippen LogP contribution < -0.4 is 10.6 Å². The molecule has 1 aromatic carbocycles. The summed E-state index contributed by atoms with van der Waals surface area (Å²) in [6.45, 7) is 4.19. The summed E-state index contributed by atoms with van der Waals surface area (Å²) >= 11 is 1.55. The van der Waals surface area contributed by atoms with Crippen molar-refractivity contribution in [1.29, 1.82) is 0 Å². The first-order valence-corrected chi connectivity index (χ1v) is 7.92. The summed E-state index contributed by atoms with van der Waals surface area (Å²) in [5, 5.41) is 6.18. The van der Waals surface area contributed by atoms with E-state index in [0.29, 0.717) is 6.54 Å². The fourth-order valence-corrected chi connectivity index (χ4v) is 2.72. The molecule has 0 radical (unpaired) electrons. The van der Waals surface area contributed by atoms with E-state index in [-0.39, 0.29) is 31.1 Å². The van der Waals surface area contributed by atoms with Crippen molar-refractivity contribution < 1.29 is 14.3 Å². The second-order valence-corrected chi connectivity index (χ2v) is 6.09. The van der Waals surface area contributed by atoms with Crippen LogP contribution in [0.3, 0.4) is 0 Å². The Morgan fingerprint density at radius 1 is 1.27 bits per heavy atom. The first-order valence-electron chi connectivity index (χ1n) is 7.10. The van der Waals surface area contributed by atoms with E-state index in [1.54, 1.807) is 25.2 Å². The quantitative estimate of drug-likeness (QED) is 0.801. The molecule has 0 unspecified atom stereocenters. The number of urea groups is 1. The van der Waals surface area contributed by atoms with Crippen molar-refractivity contribution in [3.8, 4) is 0 Å². The maximum Gasteiger partial charge on any atom is 0.315 e. The topological polar surface area (TPSA) is 80.3 Å². The van der Waals surface area contributed by atoms with E-state index in [1.165, 1.54) is 0 Å². The van der Waals surface area contributed by atoms with Crippen molar-refractivity contribution in [3.63, 3.8) is 0 Å². The SMILES string of the molecule is CC(C)OC(=O)CCNC(=O)NCc1nc2ccccc2s1. The van der Waals surface area contributed by atoms with E-state index in [0.717, 1.165) is 15.2 Å². The number of benzene rings is 1. The van der Waals surface area contributed by atoms with Gasteiger partial charge in [-0.15, -0.1) is 11.3 Å². The van der Waals surface area contributed by atoms with Gasteiger partial charge in [0.2, 0.25) is 0 Å². The maximum absolute atomic E-state index is 11.6. The number of aromatic nitrogens is 1. The molecule has 2 rings (SSSR count). The molecule has 1 heterocycles. The fraction of sp³-hybridized carbons (Fsp3) is 0.400. The number of para-hydroxylation sites is 1. The van der Waals surface area contributed by atoms with Crippen molar-refractivity contribution >= 4 is 33.6 Å². The van der Waals surface area contributed by atoms with Crippen molar-refractivity contribution in [2.45, 2.75) is 32.9 Å². The minimum atomic E-state index is -0.323. The number of esters is 1. The standard InChI is InChI=1S/C15H19N3O3S/c1-10(2)21-14(19)7-8-16-15(20)17-9-13-18-11-5-3-4-6-12(11)22-13/h3-6,10H,7-9H2,1-2H3,(H2,16,17,20). The number of ether oxygens (including phenoxy) is 1. The second kappa shape index (κ2) is 7.74. The highest BCUT2D eigenvalue weighted by atomic mass is 32.1. The molecule has 22 heavy (non-hydrogen) atoms. The number of hydrogen-bond acceptors (Lipinski definition) is 5. The van der Waals surface area contributed by atoms with E-state index in [2.05, 4.69) is 15.6 Å². The van der Waals surface area contributed by atoms with Gasteiger partial charge in [-0.05, 0) is 26.0 Å². The summed E-state index contributed by atoms with van der Waals surface area (Å²) in [4.78, 5) is 27.4. The van der Waals surface area contributed by atoms with Crippen LogP contribution in [-0.4, -0.2) is 29.6 Å². The van der Waals surface area contributed by atoms with Gasteiger partial charge in [-0.3, -0.25) is 4.79 Å². The van der Waals surface area contributed by atoms with Crippen LogP contribution in [0.25, 0.3) is 10.2 Å². The number of hydrogen-bond donors (Lipinski definition) is 2. The molecule has 0 atom stereocenters. The third kappa shape index (κ3) is 5.00. The van der Waals surface area contributed by atoms with Crippen LogP contribution in [0.5, 0.6) is 0 Å². The summed E-state index contributed by atoms with van der Waals surface area (Å²) in [6, 6.07) is 7.51. The number of rotatable bonds is 6. The lowest BCUT2D eigenvalue weighted by Gasteiger charge is -2.08. The third-order valence-corrected chi connectivity index (χ3v) is 3.76. The van der Waals surface area contributed by atoms with Gasteiger partial charge in [0, 0.05) is 6.54 Å². The first-order chi connectivity index (χ1) is 10.5. The minimum Gasteiger partial charge on any atom is -0.463 e. The predicted molar refractivity (Wildman–Crippen MR) is 85.7 cm³/mol. The predicted octanol–water partition coefficient (Wildman–Crippen LogP) is 2.44. The maximum atomic E-state index is 11.6. The van der Waals surface area contributed by atoms with Gasteiger partial charge in [-0.25, -0.2) is 9.78 Å². The normalized spacial score (nSPS) is 10.7. The number of nitrogens with zero attached hydrogens (tertiary/aromatic N) is 1. The van der Waals surface area contributed by atoms with Gasteiger partial charge in [0.15, 0.2) is 0 Å². The zero-order chi connectivity index (χ0) is 15.9. The number of carbonyl (C=O) groups excluding carboxylic acids is 2. The molecular weight excluding hydrogens is 302 g/mol. The average Bonchev–Trinajstić information content (AvgIpc) is 2.87. The van der Waals surface area contributed by atoms with E-state index in [4.69, 9.17) is 4.74 Å². The van der Waals surface area contributed by atoms with Gasteiger partial charge in [0.1, 0.15) is 5.01 Å². The van der Waals surface area contributed by atoms with Gasteiger partial charge in [-0.2, -0.15) is 0 Å².